The van der Waals surface area contributed by atoms with Gasteiger partial charge in [0.15, 0.2) is 0 Å². The number of carbonyl (C=O) groups is 2. The minimum absolute atomic E-state index is 0.0822. The summed E-state index contributed by atoms with van der Waals surface area (Å²) in [5, 5.41) is 9.90. The Balaban J connectivity index is 1.63. The molecular formula is C29H34N4O5. The second-order valence-electron chi connectivity index (χ2n) is 9.70. The van der Waals surface area contributed by atoms with Gasteiger partial charge < -0.3 is 24.4 Å². The van der Waals surface area contributed by atoms with Gasteiger partial charge in [-0.3, -0.25) is 14.6 Å². The Bertz CT molecular complexity index is 1250. The van der Waals surface area contributed by atoms with Crippen LogP contribution in [0.2, 0.25) is 0 Å². The molecule has 0 bridgehead atoms. The standard InChI is InChI=1S/C29H34N4O5/c1-19-16-33(20(2)18-34)29(36)25-13-22(21-8-10-24(37-4)11-9-21)15-31-28(25)38-26(19)17-32(3)27(35)14-23-7-5-6-12-30-23/h5-13,15,19-20,26,34H,14,16-18H2,1-4H3/t19-,20-,26-/m0/s1. The number of fused-ring (bicyclic) bond motifs is 1. The molecule has 1 aromatic carbocycles. The molecule has 0 unspecified atom stereocenters. The quantitative estimate of drug-likeness (QED) is 0.489. The lowest BCUT2D eigenvalue weighted by Gasteiger charge is -2.37. The van der Waals surface area contributed by atoms with Gasteiger partial charge in [0.05, 0.1) is 32.7 Å². The van der Waals surface area contributed by atoms with Gasteiger partial charge >= 0.3 is 0 Å². The Kier molecular flexibility index (Phi) is 8.58. The molecule has 2 aromatic heterocycles. The molecule has 2 amide bonds. The van der Waals surface area contributed by atoms with Crippen molar-refractivity contribution >= 4 is 11.8 Å². The number of hydrogen-bond acceptors (Lipinski definition) is 7. The number of amides is 2. The van der Waals surface area contributed by atoms with E-state index in [0.717, 1.165) is 16.9 Å². The number of rotatable bonds is 8. The van der Waals surface area contributed by atoms with Gasteiger partial charge in [0, 0.05) is 43.2 Å². The average Bonchev–Trinajstić information content (AvgIpc) is 2.94. The van der Waals surface area contributed by atoms with Crippen LogP contribution in [0.4, 0.5) is 0 Å². The van der Waals surface area contributed by atoms with E-state index in [1.165, 1.54) is 0 Å². The average molecular weight is 519 g/mol. The molecule has 0 aliphatic carbocycles. The largest absolute Gasteiger partial charge is 0.497 e. The van der Waals surface area contributed by atoms with Crippen LogP contribution in [0.15, 0.2) is 60.9 Å². The van der Waals surface area contributed by atoms with E-state index in [4.69, 9.17) is 9.47 Å². The number of aliphatic hydroxyl groups excluding tert-OH is 1. The van der Waals surface area contributed by atoms with Crippen LogP contribution in [0.1, 0.15) is 29.9 Å². The maximum Gasteiger partial charge on any atom is 0.259 e. The summed E-state index contributed by atoms with van der Waals surface area (Å²) in [6.45, 7) is 4.28. The summed E-state index contributed by atoms with van der Waals surface area (Å²) in [4.78, 5) is 38.7. The van der Waals surface area contributed by atoms with E-state index in [2.05, 4.69) is 9.97 Å². The first-order chi connectivity index (χ1) is 18.3. The highest BCUT2D eigenvalue weighted by Gasteiger charge is 2.34. The molecule has 0 spiro atoms. The van der Waals surface area contributed by atoms with E-state index in [1.807, 2.05) is 56.3 Å². The molecule has 3 atom stereocenters. The third-order valence-corrected chi connectivity index (χ3v) is 6.88. The molecule has 3 aromatic rings. The number of ether oxygens (including phenoxy) is 2. The predicted molar refractivity (Wildman–Crippen MR) is 143 cm³/mol. The van der Waals surface area contributed by atoms with Crippen molar-refractivity contribution in [3.63, 3.8) is 0 Å². The van der Waals surface area contributed by atoms with Crippen molar-refractivity contribution in [2.45, 2.75) is 32.4 Å². The molecule has 0 saturated carbocycles. The highest BCUT2D eigenvalue weighted by Crippen LogP contribution is 2.31. The van der Waals surface area contributed by atoms with Crippen molar-refractivity contribution in [1.29, 1.82) is 0 Å². The van der Waals surface area contributed by atoms with Crippen molar-refractivity contribution in [3.05, 3.63) is 72.2 Å². The number of methoxy groups -OCH3 is 1. The summed E-state index contributed by atoms with van der Waals surface area (Å²) in [5.41, 5.74) is 2.65. The molecule has 0 fully saturated rings. The van der Waals surface area contributed by atoms with Crippen LogP contribution in [0, 0.1) is 5.92 Å². The van der Waals surface area contributed by atoms with Gasteiger partial charge in [0.1, 0.15) is 17.4 Å². The molecule has 38 heavy (non-hydrogen) atoms. The van der Waals surface area contributed by atoms with Crippen LogP contribution in [0.3, 0.4) is 0 Å². The van der Waals surface area contributed by atoms with E-state index < -0.39 is 12.1 Å². The lowest BCUT2D eigenvalue weighted by Crippen LogP contribution is -2.50. The van der Waals surface area contributed by atoms with Gasteiger partial charge in [0.2, 0.25) is 11.8 Å². The van der Waals surface area contributed by atoms with Crippen LogP contribution >= 0.6 is 0 Å². The summed E-state index contributed by atoms with van der Waals surface area (Å²) in [6.07, 6.45) is 3.10. The first kappa shape index (κ1) is 27.1. The molecule has 0 radical (unpaired) electrons. The first-order valence-electron chi connectivity index (χ1n) is 12.7. The van der Waals surface area contributed by atoms with Crippen molar-refractivity contribution in [2.75, 3.05) is 33.9 Å². The van der Waals surface area contributed by atoms with Crippen LogP contribution in [0.5, 0.6) is 11.6 Å². The van der Waals surface area contributed by atoms with Gasteiger partial charge in [-0.15, -0.1) is 0 Å². The molecule has 1 aliphatic rings. The van der Waals surface area contributed by atoms with Gasteiger partial charge in [-0.2, -0.15) is 0 Å². The number of aromatic nitrogens is 2. The fourth-order valence-corrected chi connectivity index (χ4v) is 4.43. The van der Waals surface area contributed by atoms with Crippen LogP contribution in [-0.2, 0) is 11.2 Å². The lowest BCUT2D eigenvalue weighted by atomic mass is 9.99. The van der Waals surface area contributed by atoms with E-state index in [-0.39, 0.29) is 36.6 Å². The third-order valence-electron chi connectivity index (χ3n) is 6.88. The number of nitrogens with zero attached hydrogens (tertiary/aromatic N) is 4. The second kappa shape index (κ2) is 12.0. The van der Waals surface area contributed by atoms with Crippen molar-refractivity contribution in [3.8, 4) is 22.8 Å². The summed E-state index contributed by atoms with van der Waals surface area (Å²) < 4.78 is 11.6. The molecule has 4 rings (SSSR count). The molecule has 200 valence electrons. The van der Waals surface area contributed by atoms with E-state index >= 15 is 0 Å². The van der Waals surface area contributed by atoms with Crippen LogP contribution in [-0.4, -0.2) is 82.7 Å². The molecule has 0 saturated heterocycles. The third kappa shape index (κ3) is 6.11. The summed E-state index contributed by atoms with van der Waals surface area (Å²) >= 11 is 0. The van der Waals surface area contributed by atoms with Gasteiger partial charge in [-0.05, 0) is 42.8 Å². The number of benzene rings is 1. The van der Waals surface area contributed by atoms with Crippen LogP contribution < -0.4 is 9.47 Å². The monoisotopic (exact) mass is 518 g/mol. The molecule has 1 N–H and O–H groups in total. The van der Waals surface area contributed by atoms with E-state index in [0.29, 0.717) is 24.3 Å². The fourth-order valence-electron chi connectivity index (χ4n) is 4.43. The van der Waals surface area contributed by atoms with Crippen LogP contribution in [0.25, 0.3) is 11.1 Å². The number of aliphatic hydroxyl groups is 1. The number of pyridine rings is 2. The SMILES string of the molecule is COc1ccc(-c2cnc3c(c2)C(=O)N([C@@H](C)CO)C[C@H](C)[C@H](CN(C)C(=O)Cc2ccccn2)O3)cc1. The number of carbonyl (C=O) groups excluding carboxylic acids is 2. The molecular weight excluding hydrogens is 484 g/mol. The normalized spacial score (nSPS) is 18.0. The van der Waals surface area contributed by atoms with E-state index in [9.17, 15) is 14.7 Å². The zero-order valence-electron chi connectivity index (χ0n) is 22.2. The minimum Gasteiger partial charge on any atom is -0.497 e. The Morgan fingerprint density at radius 1 is 1.21 bits per heavy atom. The summed E-state index contributed by atoms with van der Waals surface area (Å²) in [6, 6.07) is 14.4. The molecule has 3 heterocycles. The Morgan fingerprint density at radius 3 is 2.63 bits per heavy atom. The van der Waals surface area contributed by atoms with Crippen molar-refractivity contribution in [1.82, 2.24) is 19.8 Å². The number of hydrogen-bond donors (Lipinski definition) is 1. The second-order valence-corrected chi connectivity index (χ2v) is 9.70. The summed E-state index contributed by atoms with van der Waals surface area (Å²) in [7, 11) is 3.34. The Hall–Kier alpha value is -3.98. The summed E-state index contributed by atoms with van der Waals surface area (Å²) in [5.74, 6) is 0.475. The van der Waals surface area contributed by atoms with E-state index in [1.54, 1.807) is 42.4 Å². The zero-order valence-corrected chi connectivity index (χ0v) is 22.2. The lowest BCUT2D eigenvalue weighted by molar-refractivity contribution is -0.130. The van der Waals surface area contributed by atoms with Crippen molar-refractivity contribution < 1.29 is 24.2 Å². The highest BCUT2D eigenvalue weighted by atomic mass is 16.5. The smallest absolute Gasteiger partial charge is 0.259 e. The Labute approximate surface area is 223 Å². The fraction of sp³-hybridized carbons (Fsp3) is 0.379. The maximum absolute atomic E-state index is 13.7. The topological polar surface area (TPSA) is 105 Å². The number of likely N-dealkylation sites (N-methyl/N-ethyl adjacent to an activating group) is 1. The Morgan fingerprint density at radius 2 is 1.97 bits per heavy atom. The minimum atomic E-state index is -0.424. The van der Waals surface area contributed by atoms with Gasteiger partial charge in [0.25, 0.3) is 5.91 Å². The first-order valence-corrected chi connectivity index (χ1v) is 12.7. The zero-order chi connectivity index (χ0) is 27.2. The molecule has 1 aliphatic heterocycles. The van der Waals surface area contributed by atoms with Gasteiger partial charge in [-0.1, -0.05) is 25.1 Å². The van der Waals surface area contributed by atoms with Gasteiger partial charge in [-0.25, -0.2) is 4.98 Å². The highest BCUT2D eigenvalue weighted by molar-refractivity contribution is 5.98. The van der Waals surface area contributed by atoms with Crippen molar-refractivity contribution in [2.24, 2.45) is 5.92 Å². The molecule has 9 nitrogen and oxygen atoms in total. The predicted octanol–water partition coefficient (Wildman–Crippen LogP) is 3.07. The maximum atomic E-state index is 13.7. The molecule has 9 heteroatoms.